The summed E-state index contributed by atoms with van der Waals surface area (Å²) in [6.07, 6.45) is 5.45. The Morgan fingerprint density at radius 1 is 1.48 bits per heavy atom. The fourth-order valence-corrected chi connectivity index (χ4v) is 5.21. The maximum atomic E-state index is 12.2. The lowest BCUT2D eigenvalue weighted by Gasteiger charge is -2.22. The molecule has 1 saturated carbocycles. The highest BCUT2D eigenvalue weighted by molar-refractivity contribution is 7.99. The average Bonchev–Trinajstić information content (AvgIpc) is 3.26. The zero-order valence-corrected chi connectivity index (χ0v) is 17.1. The van der Waals surface area contributed by atoms with E-state index in [0.29, 0.717) is 11.1 Å². The van der Waals surface area contributed by atoms with E-state index in [0.717, 1.165) is 36.5 Å². The van der Waals surface area contributed by atoms with E-state index in [4.69, 9.17) is 4.42 Å². The molecule has 142 valence electrons. The Labute approximate surface area is 166 Å². The molecule has 0 aliphatic heterocycles. The Morgan fingerprint density at radius 2 is 2.30 bits per heavy atom. The number of hydrogen-bond acceptors (Lipinski definition) is 7. The Kier molecular flexibility index (Phi) is 4.99. The fourth-order valence-electron chi connectivity index (χ4n) is 3.51. The molecule has 2 aliphatic carbocycles. The standard InChI is InChI=1S/C19H22N4O2S2/c1-11-3-6-14-12(7-11)8-15(27-14)17-22-23-18(25-17)26-9-16(24)21-19(2,10-20)13-4-5-13/h8,11,13H,3-7,9H2,1-2H3,(H,21,24)/t11-,19-/m1/s1. The van der Waals surface area contributed by atoms with Crippen molar-refractivity contribution in [2.45, 2.75) is 56.7 Å². The van der Waals surface area contributed by atoms with Gasteiger partial charge in [0.15, 0.2) is 0 Å². The van der Waals surface area contributed by atoms with Crippen LogP contribution in [0.1, 0.15) is 43.6 Å². The second-order valence-corrected chi connectivity index (χ2v) is 9.77. The summed E-state index contributed by atoms with van der Waals surface area (Å²) in [5.74, 6) is 1.48. The number of thioether (sulfide) groups is 1. The molecule has 2 heterocycles. The Morgan fingerprint density at radius 3 is 3.04 bits per heavy atom. The van der Waals surface area contributed by atoms with Crippen LogP contribution in [0.25, 0.3) is 10.8 Å². The van der Waals surface area contributed by atoms with Crippen LogP contribution in [0.3, 0.4) is 0 Å². The molecule has 27 heavy (non-hydrogen) atoms. The van der Waals surface area contributed by atoms with Gasteiger partial charge in [-0.05, 0) is 62.5 Å². The molecule has 0 aromatic carbocycles. The summed E-state index contributed by atoms with van der Waals surface area (Å²) in [7, 11) is 0. The lowest BCUT2D eigenvalue weighted by Crippen LogP contribution is -2.47. The number of aryl methyl sites for hydroxylation is 1. The van der Waals surface area contributed by atoms with Gasteiger partial charge in [0.2, 0.25) is 5.91 Å². The third-order valence-electron chi connectivity index (χ3n) is 5.30. The molecule has 1 amide bonds. The molecule has 2 aliphatic rings. The number of fused-ring (bicyclic) bond motifs is 1. The van der Waals surface area contributed by atoms with Crippen molar-refractivity contribution in [1.82, 2.24) is 15.5 Å². The van der Waals surface area contributed by atoms with Crippen LogP contribution in [0.2, 0.25) is 0 Å². The topological polar surface area (TPSA) is 91.8 Å². The number of hydrogen-bond donors (Lipinski definition) is 1. The van der Waals surface area contributed by atoms with Crippen molar-refractivity contribution < 1.29 is 9.21 Å². The van der Waals surface area contributed by atoms with Gasteiger partial charge < -0.3 is 9.73 Å². The molecule has 1 fully saturated rings. The number of nitrogens with zero attached hydrogens (tertiary/aromatic N) is 3. The maximum absolute atomic E-state index is 12.2. The predicted molar refractivity (Wildman–Crippen MR) is 104 cm³/mol. The van der Waals surface area contributed by atoms with Gasteiger partial charge in [0.05, 0.1) is 16.7 Å². The van der Waals surface area contributed by atoms with E-state index in [1.165, 1.54) is 28.6 Å². The molecular weight excluding hydrogens is 380 g/mol. The number of nitriles is 1. The monoisotopic (exact) mass is 402 g/mol. The maximum Gasteiger partial charge on any atom is 0.277 e. The minimum atomic E-state index is -0.773. The molecule has 2 aromatic rings. The van der Waals surface area contributed by atoms with Gasteiger partial charge in [0, 0.05) is 4.88 Å². The quantitative estimate of drug-likeness (QED) is 0.739. The van der Waals surface area contributed by atoms with Crippen LogP contribution in [0.15, 0.2) is 15.7 Å². The van der Waals surface area contributed by atoms with E-state index in [1.54, 1.807) is 18.3 Å². The first-order valence-corrected chi connectivity index (χ1v) is 11.1. The number of nitrogens with one attached hydrogen (secondary N) is 1. The summed E-state index contributed by atoms with van der Waals surface area (Å²) in [6.45, 7) is 4.07. The zero-order chi connectivity index (χ0) is 19.0. The molecule has 1 N–H and O–H groups in total. The van der Waals surface area contributed by atoms with Crippen molar-refractivity contribution in [2.75, 3.05) is 5.75 Å². The predicted octanol–water partition coefficient (Wildman–Crippen LogP) is 3.82. The third-order valence-corrected chi connectivity index (χ3v) is 7.34. The largest absolute Gasteiger partial charge is 0.410 e. The van der Waals surface area contributed by atoms with Crippen molar-refractivity contribution in [2.24, 2.45) is 11.8 Å². The number of aromatic nitrogens is 2. The number of rotatable bonds is 6. The third kappa shape index (κ3) is 4.04. The van der Waals surface area contributed by atoms with E-state index in [2.05, 4.69) is 34.6 Å². The van der Waals surface area contributed by atoms with E-state index in [-0.39, 0.29) is 17.6 Å². The lowest BCUT2D eigenvalue weighted by atomic mass is 9.90. The molecule has 6 nitrogen and oxygen atoms in total. The second kappa shape index (κ2) is 7.28. The first-order chi connectivity index (χ1) is 13.0. The first kappa shape index (κ1) is 18.5. The minimum Gasteiger partial charge on any atom is -0.410 e. The molecule has 0 saturated heterocycles. The summed E-state index contributed by atoms with van der Waals surface area (Å²) in [4.78, 5) is 14.6. The molecule has 0 unspecified atom stereocenters. The number of thiophene rings is 1. The molecule has 0 radical (unpaired) electrons. The molecule has 8 heteroatoms. The summed E-state index contributed by atoms with van der Waals surface area (Å²) >= 11 is 2.93. The van der Waals surface area contributed by atoms with Crippen molar-refractivity contribution in [1.29, 1.82) is 5.26 Å². The molecule has 4 rings (SSSR count). The highest BCUT2D eigenvalue weighted by Gasteiger charge is 2.43. The van der Waals surface area contributed by atoms with Crippen molar-refractivity contribution in [3.05, 3.63) is 16.5 Å². The molecule has 0 bridgehead atoms. The minimum absolute atomic E-state index is 0.157. The van der Waals surface area contributed by atoms with Gasteiger partial charge in [0.25, 0.3) is 11.1 Å². The van der Waals surface area contributed by atoms with Gasteiger partial charge in [-0.2, -0.15) is 5.26 Å². The number of carbonyl (C=O) groups is 1. The van der Waals surface area contributed by atoms with E-state index >= 15 is 0 Å². The van der Waals surface area contributed by atoms with E-state index < -0.39 is 5.54 Å². The van der Waals surface area contributed by atoms with E-state index in [9.17, 15) is 10.1 Å². The first-order valence-electron chi connectivity index (χ1n) is 9.27. The summed E-state index contributed by atoms with van der Waals surface area (Å²) in [6, 6.07) is 4.40. The van der Waals surface area contributed by atoms with Gasteiger partial charge in [-0.3, -0.25) is 4.79 Å². The van der Waals surface area contributed by atoms with Gasteiger partial charge in [0.1, 0.15) is 5.54 Å². The Balaban J connectivity index is 1.36. The van der Waals surface area contributed by atoms with Crippen LogP contribution in [0.4, 0.5) is 0 Å². The van der Waals surface area contributed by atoms with Crippen LogP contribution >= 0.6 is 23.1 Å². The fraction of sp³-hybridized carbons (Fsp3) is 0.579. The Hall–Kier alpha value is -1.85. The molecule has 2 aromatic heterocycles. The lowest BCUT2D eigenvalue weighted by molar-refractivity contribution is -0.119. The second-order valence-electron chi connectivity index (χ2n) is 7.71. The van der Waals surface area contributed by atoms with Crippen LogP contribution in [-0.2, 0) is 17.6 Å². The van der Waals surface area contributed by atoms with Gasteiger partial charge >= 0.3 is 0 Å². The molecule has 0 spiro atoms. The van der Waals surface area contributed by atoms with Gasteiger partial charge in [-0.25, -0.2) is 0 Å². The molecular formula is C19H22N4O2S2. The number of carbonyl (C=O) groups excluding carboxylic acids is 1. The summed E-state index contributed by atoms with van der Waals surface area (Å²) < 4.78 is 5.75. The number of amides is 1. The summed E-state index contributed by atoms with van der Waals surface area (Å²) in [5, 5.41) is 20.8. The smallest absolute Gasteiger partial charge is 0.277 e. The van der Waals surface area contributed by atoms with Crippen molar-refractivity contribution >= 4 is 29.0 Å². The normalized spacial score (nSPS) is 21.1. The van der Waals surface area contributed by atoms with E-state index in [1.807, 2.05) is 0 Å². The SMILES string of the molecule is C[C@@H]1CCc2sc(-c3nnc(SCC(=O)N[C@](C)(C#N)C4CC4)o3)cc2C1. The zero-order valence-electron chi connectivity index (χ0n) is 15.4. The highest BCUT2D eigenvalue weighted by atomic mass is 32.2. The average molecular weight is 403 g/mol. The van der Waals surface area contributed by atoms with Crippen molar-refractivity contribution in [3.8, 4) is 16.8 Å². The van der Waals surface area contributed by atoms with Crippen molar-refractivity contribution in [3.63, 3.8) is 0 Å². The van der Waals surface area contributed by atoms with Crippen LogP contribution < -0.4 is 5.32 Å². The van der Waals surface area contributed by atoms with Gasteiger partial charge in [-0.1, -0.05) is 18.7 Å². The van der Waals surface area contributed by atoms with Crippen LogP contribution in [0, 0.1) is 23.2 Å². The Bertz CT molecular complexity index is 896. The van der Waals surface area contributed by atoms with Gasteiger partial charge in [-0.15, -0.1) is 21.5 Å². The highest BCUT2D eigenvalue weighted by Crippen LogP contribution is 2.39. The summed E-state index contributed by atoms with van der Waals surface area (Å²) in [5.41, 5.74) is 0.626. The van der Waals surface area contributed by atoms with Crippen LogP contribution in [0.5, 0.6) is 0 Å². The van der Waals surface area contributed by atoms with Crippen LogP contribution in [-0.4, -0.2) is 27.4 Å². The molecule has 2 atom stereocenters.